The molecule has 0 spiro atoms. The molecule has 2 aromatic rings. The van der Waals surface area contributed by atoms with E-state index in [4.69, 9.17) is 4.74 Å². The molecule has 26 heavy (non-hydrogen) atoms. The molecule has 5 nitrogen and oxygen atoms in total. The highest BCUT2D eigenvalue weighted by Crippen LogP contribution is 2.35. The highest BCUT2D eigenvalue weighted by atomic mass is 19.1. The van der Waals surface area contributed by atoms with Crippen molar-refractivity contribution in [2.24, 2.45) is 0 Å². The number of likely N-dealkylation sites (N-methyl/N-ethyl adjacent to an activating group) is 1. The Morgan fingerprint density at radius 3 is 2.38 bits per heavy atom. The normalized spacial score (nSPS) is 17.9. The second kappa shape index (κ2) is 6.57. The standard InChI is InChI=1S/C19H19F2N3O2/c1-22-4-5-23(17-10-14(20)9-15(21)11-17)18-3-2-16(8-13(18)12-22)24-6-7-26-19(24)25/h2-3,8-11H,4-7,12H2,1H3. The number of halogens is 2. The van der Waals surface area contributed by atoms with Crippen molar-refractivity contribution in [1.82, 2.24) is 4.90 Å². The molecule has 0 radical (unpaired) electrons. The van der Waals surface area contributed by atoms with Crippen molar-refractivity contribution in [3.63, 3.8) is 0 Å². The summed E-state index contributed by atoms with van der Waals surface area (Å²) in [6, 6.07) is 9.24. The van der Waals surface area contributed by atoms with Gasteiger partial charge in [-0.3, -0.25) is 4.90 Å². The number of benzene rings is 2. The van der Waals surface area contributed by atoms with Crippen LogP contribution in [0.2, 0.25) is 0 Å². The smallest absolute Gasteiger partial charge is 0.414 e. The van der Waals surface area contributed by atoms with Gasteiger partial charge in [0.1, 0.15) is 18.2 Å². The number of fused-ring (bicyclic) bond motifs is 1. The Hall–Kier alpha value is -2.67. The van der Waals surface area contributed by atoms with Crippen LogP contribution in [0.15, 0.2) is 36.4 Å². The Balaban J connectivity index is 1.76. The first-order valence-electron chi connectivity index (χ1n) is 8.51. The van der Waals surface area contributed by atoms with E-state index in [1.807, 2.05) is 30.1 Å². The van der Waals surface area contributed by atoms with Crippen molar-refractivity contribution in [3.8, 4) is 0 Å². The lowest BCUT2D eigenvalue weighted by molar-refractivity contribution is 0.181. The van der Waals surface area contributed by atoms with E-state index in [0.717, 1.165) is 29.5 Å². The predicted octanol–water partition coefficient (Wildman–Crippen LogP) is 3.50. The van der Waals surface area contributed by atoms with Crippen LogP contribution in [-0.2, 0) is 11.3 Å². The maximum atomic E-state index is 13.7. The molecule has 136 valence electrons. The Morgan fingerprint density at radius 2 is 1.69 bits per heavy atom. The topological polar surface area (TPSA) is 36.0 Å². The van der Waals surface area contributed by atoms with Crippen molar-refractivity contribution >= 4 is 23.2 Å². The molecule has 0 unspecified atom stereocenters. The Labute approximate surface area is 150 Å². The number of cyclic esters (lactones) is 1. The Kier molecular flexibility index (Phi) is 4.24. The first-order valence-corrected chi connectivity index (χ1v) is 8.51. The minimum Gasteiger partial charge on any atom is -0.447 e. The van der Waals surface area contributed by atoms with Gasteiger partial charge in [0, 0.05) is 42.8 Å². The lowest BCUT2D eigenvalue weighted by atomic mass is 10.1. The summed E-state index contributed by atoms with van der Waals surface area (Å²) in [5.74, 6) is -1.20. The van der Waals surface area contributed by atoms with Gasteiger partial charge in [0.2, 0.25) is 0 Å². The molecule has 0 aromatic heterocycles. The molecular formula is C19H19F2N3O2. The second-order valence-electron chi connectivity index (χ2n) is 6.60. The molecule has 1 amide bonds. The van der Waals surface area contributed by atoms with E-state index >= 15 is 0 Å². The Morgan fingerprint density at radius 1 is 0.923 bits per heavy atom. The van der Waals surface area contributed by atoms with Crippen LogP contribution >= 0.6 is 0 Å². The van der Waals surface area contributed by atoms with Crippen LogP contribution in [0.1, 0.15) is 5.56 Å². The van der Waals surface area contributed by atoms with Crippen molar-refractivity contribution in [1.29, 1.82) is 0 Å². The number of amides is 1. The third-order valence-electron chi connectivity index (χ3n) is 4.73. The Bertz CT molecular complexity index is 838. The summed E-state index contributed by atoms with van der Waals surface area (Å²) < 4.78 is 32.4. The molecule has 0 atom stereocenters. The number of nitrogens with zero attached hydrogens (tertiary/aromatic N) is 3. The molecule has 1 saturated heterocycles. The fourth-order valence-corrected chi connectivity index (χ4v) is 3.48. The van der Waals surface area contributed by atoms with Crippen LogP contribution in [0.5, 0.6) is 0 Å². The summed E-state index contributed by atoms with van der Waals surface area (Å²) in [4.78, 5) is 17.5. The molecule has 2 aromatic carbocycles. The van der Waals surface area contributed by atoms with Crippen LogP contribution in [0.4, 0.5) is 30.6 Å². The fraction of sp³-hybridized carbons (Fsp3) is 0.316. The van der Waals surface area contributed by atoms with E-state index in [0.29, 0.717) is 31.9 Å². The molecule has 2 heterocycles. The number of ether oxygens (including phenoxy) is 1. The molecule has 0 aliphatic carbocycles. The maximum Gasteiger partial charge on any atom is 0.414 e. The minimum atomic E-state index is -0.601. The number of anilines is 3. The van der Waals surface area contributed by atoms with E-state index in [2.05, 4.69) is 4.90 Å². The highest BCUT2D eigenvalue weighted by molar-refractivity contribution is 5.90. The molecular weight excluding hydrogens is 340 g/mol. The maximum absolute atomic E-state index is 13.7. The molecule has 2 aliphatic heterocycles. The van der Waals surface area contributed by atoms with E-state index in [1.165, 1.54) is 12.1 Å². The van der Waals surface area contributed by atoms with Crippen molar-refractivity contribution in [2.75, 3.05) is 43.1 Å². The molecule has 1 fully saturated rings. The van der Waals surface area contributed by atoms with Gasteiger partial charge in [-0.25, -0.2) is 13.6 Å². The van der Waals surface area contributed by atoms with Crippen molar-refractivity contribution in [3.05, 3.63) is 53.6 Å². The molecule has 0 N–H and O–H groups in total. The summed E-state index contributed by atoms with van der Waals surface area (Å²) >= 11 is 0. The summed E-state index contributed by atoms with van der Waals surface area (Å²) in [6.07, 6.45) is -0.351. The second-order valence-corrected chi connectivity index (χ2v) is 6.60. The van der Waals surface area contributed by atoms with Crippen molar-refractivity contribution < 1.29 is 18.3 Å². The van der Waals surface area contributed by atoms with E-state index < -0.39 is 11.6 Å². The molecule has 2 aliphatic rings. The third-order valence-corrected chi connectivity index (χ3v) is 4.73. The third kappa shape index (κ3) is 3.10. The van der Waals surface area contributed by atoms with E-state index in [1.54, 1.807) is 4.90 Å². The monoisotopic (exact) mass is 359 g/mol. The van der Waals surface area contributed by atoms with Gasteiger partial charge in [0.15, 0.2) is 0 Å². The zero-order chi connectivity index (χ0) is 18.3. The van der Waals surface area contributed by atoms with Gasteiger partial charge in [-0.2, -0.15) is 0 Å². The minimum absolute atomic E-state index is 0.351. The van der Waals surface area contributed by atoms with Crippen LogP contribution in [0.25, 0.3) is 0 Å². The number of hydrogen-bond donors (Lipinski definition) is 0. The summed E-state index contributed by atoms with van der Waals surface area (Å²) in [6.45, 7) is 2.93. The average Bonchev–Trinajstić information content (AvgIpc) is 2.93. The number of hydrogen-bond acceptors (Lipinski definition) is 4. The fourth-order valence-electron chi connectivity index (χ4n) is 3.48. The number of rotatable bonds is 2. The lowest BCUT2D eigenvalue weighted by Gasteiger charge is -2.26. The average molecular weight is 359 g/mol. The van der Waals surface area contributed by atoms with Gasteiger partial charge in [-0.1, -0.05) is 0 Å². The quantitative estimate of drug-likeness (QED) is 0.822. The van der Waals surface area contributed by atoms with Crippen LogP contribution in [-0.4, -0.2) is 44.3 Å². The van der Waals surface area contributed by atoms with Gasteiger partial charge in [-0.05, 0) is 42.9 Å². The largest absolute Gasteiger partial charge is 0.447 e. The van der Waals surface area contributed by atoms with Crippen LogP contribution in [0.3, 0.4) is 0 Å². The van der Waals surface area contributed by atoms with Gasteiger partial charge in [-0.15, -0.1) is 0 Å². The zero-order valence-corrected chi connectivity index (χ0v) is 14.4. The molecule has 0 saturated carbocycles. The number of carbonyl (C=O) groups is 1. The first-order chi connectivity index (χ1) is 12.5. The van der Waals surface area contributed by atoms with Crippen LogP contribution < -0.4 is 9.80 Å². The number of carbonyl (C=O) groups excluding carboxylic acids is 1. The van der Waals surface area contributed by atoms with Gasteiger partial charge >= 0.3 is 6.09 Å². The summed E-state index contributed by atoms with van der Waals surface area (Å²) in [7, 11) is 2.00. The lowest BCUT2D eigenvalue weighted by Crippen LogP contribution is -2.26. The highest BCUT2D eigenvalue weighted by Gasteiger charge is 2.26. The summed E-state index contributed by atoms with van der Waals surface area (Å²) in [5, 5.41) is 0. The van der Waals surface area contributed by atoms with Gasteiger partial charge in [0.25, 0.3) is 0 Å². The first kappa shape index (κ1) is 16.8. The molecule has 7 heteroatoms. The van der Waals surface area contributed by atoms with Crippen LogP contribution in [0, 0.1) is 11.6 Å². The summed E-state index contributed by atoms with van der Waals surface area (Å²) in [5.41, 5.74) is 3.13. The van der Waals surface area contributed by atoms with Crippen molar-refractivity contribution in [2.45, 2.75) is 6.54 Å². The molecule has 4 rings (SSSR count). The van der Waals surface area contributed by atoms with E-state index in [9.17, 15) is 13.6 Å². The van der Waals surface area contributed by atoms with E-state index in [-0.39, 0.29) is 6.09 Å². The SMILES string of the molecule is CN1CCN(c2cc(F)cc(F)c2)c2ccc(N3CCOC3=O)cc2C1. The van der Waals surface area contributed by atoms with Gasteiger partial charge < -0.3 is 14.5 Å². The predicted molar refractivity (Wildman–Crippen MR) is 94.8 cm³/mol. The van der Waals surface area contributed by atoms with Gasteiger partial charge in [0.05, 0.1) is 6.54 Å². The molecule has 0 bridgehead atoms. The zero-order valence-electron chi connectivity index (χ0n) is 14.4.